The summed E-state index contributed by atoms with van der Waals surface area (Å²) in [6, 6.07) is 7.35. The molecule has 7 heteroatoms. The van der Waals surface area contributed by atoms with Gasteiger partial charge in [0.15, 0.2) is 5.78 Å². The average molecular weight is 382 g/mol. The van der Waals surface area contributed by atoms with Crippen LogP contribution in [0.1, 0.15) is 51.0 Å². The van der Waals surface area contributed by atoms with E-state index in [1.54, 1.807) is 17.7 Å². The first-order valence-electron chi connectivity index (χ1n) is 9.47. The SMILES string of the molecule is CC(=O)c1c(C)nn(CC(=O)N2CC[C@H](Cc3cccc(C(N)=O)c3)C2)c1C. The van der Waals surface area contributed by atoms with Crippen LogP contribution in [0.4, 0.5) is 0 Å². The van der Waals surface area contributed by atoms with E-state index in [0.29, 0.717) is 35.8 Å². The van der Waals surface area contributed by atoms with Gasteiger partial charge in [-0.3, -0.25) is 19.1 Å². The van der Waals surface area contributed by atoms with Crippen LogP contribution in [-0.4, -0.2) is 45.4 Å². The van der Waals surface area contributed by atoms with E-state index < -0.39 is 5.91 Å². The minimum absolute atomic E-state index is 0.00842. The highest BCUT2D eigenvalue weighted by molar-refractivity contribution is 5.96. The monoisotopic (exact) mass is 382 g/mol. The number of benzene rings is 1. The Bertz CT molecular complexity index is 932. The lowest BCUT2D eigenvalue weighted by atomic mass is 9.97. The second-order valence-corrected chi connectivity index (χ2v) is 7.52. The highest BCUT2D eigenvalue weighted by Gasteiger charge is 2.27. The van der Waals surface area contributed by atoms with Crippen LogP contribution < -0.4 is 5.73 Å². The number of carbonyl (C=O) groups is 3. The molecule has 1 saturated heterocycles. The van der Waals surface area contributed by atoms with Crippen molar-refractivity contribution in [3.8, 4) is 0 Å². The molecule has 2 aromatic rings. The average Bonchev–Trinajstić information content (AvgIpc) is 3.19. The Morgan fingerprint density at radius 1 is 1.25 bits per heavy atom. The van der Waals surface area contributed by atoms with E-state index in [4.69, 9.17) is 5.73 Å². The predicted molar refractivity (Wildman–Crippen MR) is 105 cm³/mol. The third kappa shape index (κ3) is 4.13. The van der Waals surface area contributed by atoms with E-state index in [1.165, 1.54) is 6.92 Å². The highest BCUT2D eigenvalue weighted by Crippen LogP contribution is 2.22. The first kappa shape index (κ1) is 19.8. The van der Waals surface area contributed by atoms with Crippen molar-refractivity contribution in [2.45, 2.75) is 40.2 Å². The maximum Gasteiger partial charge on any atom is 0.248 e. The number of hydrogen-bond acceptors (Lipinski definition) is 4. The Morgan fingerprint density at radius 3 is 2.64 bits per heavy atom. The third-order valence-electron chi connectivity index (χ3n) is 5.39. The number of Topliss-reactive ketones (excluding diaryl/α,β-unsaturated/α-hetero) is 1. The molecule has 148 valence electrons. The molecule has 1 aromatic heterocycles. The van der Waals surface area contributed by atoms with Crippen LogP contribution in [0.25, 0.3) is 0 Å². The molecule has 2 N–H and O–H groups in total. The van der Waals surface area contributed by atoms with Gasteiger partial charge in [-0.15, -0.1) is 0 Å². The van der Waals surface area contributed by atoms with Crippen molar-refractivity contribution in [1.82, 2.24) is 14.7 Å². The van der Waals surface area contributed by atoms with E-state index in [0.717, 1.165) is 24.1 Å². The molecular weight excluding hydrogens is 356 g/mol. The van der Waals surface area contributed by atoms with Crippen LogP contribution in [0.3, 0.4) is 0 Å². The molecule has 0 spiro atoms. The number of amides is 2. The molecule has 0 unspecified atom stereocenters. The van der Waals surface area contributed by atoms with E-state index in [-0.39, 0.29) is 18.2 Å². The molecule has 28 heavy (non-hydrogen) atoms. The van der Waals surface area contributed by atoms with Gasteiger partial charge in [0.2, 0.25) is 11.8 Å². The first-order chi connectivity index (χ1) is 13.3. The van der Waals surface area contributed by atoms with Crippen molar-refractivity contribution >= 4 is 17.6 Å². The number of likely N-dealkylation sites (tertiary alicyclic amines) is 1. The lowest BCUT2D eigenvalue weighted by molar-refractivity contribution is -0.131. The molecule has 1 atom stereocenters. The smallest absolute Gasteiger partial charge is 0.248 e. The summed E-state index contributed by atoms with van der Waals surface area (Å²) in [5, 5.41) is 4.36. The Morgan fingerprint density at radius 2 is 2.00 bits per heavy atom. The summed E-state index contributed by atoms with van der Waals surface area (Å²) in [5.41, 5.74) is 8.90. The number of primary amides is 1. The fourth-order valence-corrected chi connectivity index (χ4v) is 4.00. The second-order valence-electron chi connectivity index (χ2n) is 7.52. The van der Waals surface area contributed by atoms with Gasteiger partial charge in [0, 0.05) is 24.3 Å². The first-order valence-corrected chi connectivity index (χ1v) is 9.47. The topological polar surface area (TPSA) is 98.3 Å². The van der Waals surface area contributed by atoms with Crippen molar-refractivity contribution in [1.29, 1.82) is 0 Å². The lowest BCUT2D eigenvalue weighted by Gasteiger charge is -2.17. The Hall–Kier alpha value is -2.96. The summed E-state index contributed by atoms with van der Waals surface area (Å²) < 4.78 is 1.62. The number of nitrogens with zero attached hydrogens (tertiary/aromatic N) is 3. The number of aromatic nitrogens is 2. The largest absolute Gasteiger partial charge is 0.366 e. The van der Waals surface area contributed by atoms with Gasteiger partial charge in [-0.05, 0) is 57.2 Å². The molecular formula is C21H26N4O3. The molecule has 0 saturated carbocycles. The van der Waals surface area contributed by atoms with Gasteiger partial charge >= 0.3 is 0 Å². The number of aryl methyl sites for hydroxylation is 1. The van der Waals surface area contributed by atoms with Gasteiger partial charge in [-0.25, -0.2) is 0 Å². The van der Waals surface area contributed by atoms with Crippen LogP contribution in [0.15, 0.2) is 24.3 Å². The van der Waals surface area contributed by atoms with E-state index in [9.17, 15) is 14.4 Å². The van der Waals surface area contributed by atoms with Crippen LogP contribution in [-0.2, 0) is 17.8 Å². The number of rotatable bonds is 6. The molecule has 7 nitrogen and oxygen atoms in total. The molecule has 0 radical (unpaired) electrons. The van der Waals surface area contributed by atoms with Gasteiger partial charge in [0.1, 0.15) is 6.54 Å². The zero-order chi connectivity index (χ0) is 20.4. The number of nitrogens with two attached hydrogens (primary N) is 1. The summed E-state index contributed by atoms with van der Waals surface area (Å²) in [7, 11) is 0. The molecule has 2 heterocycles. The quantitative estimate of drug-likeness (QED) is 0.771. The van der Waals surface area contributed by atoms with Crippen molar-refractivity contribution in [2.75, 3.05) is 13.1 Å². The Labute approximate surface area is 164 Å². The predicted octanol–water partition coefficient (Wildman–Crippen LogP) is 1.89. The van der Waals surface area contributed by atoms with E-state index in [1.807, 2.05) is 30.0 Å². The van der Waals surface area contributed by atoms with Crippen LogP contribution >= 0.6 is 0 Å². The minimum atomic E-state index is -0.431. The van der Waals surface area contributed by atoms with Crippen LogP contribution in [0.5, 0.6) is 0 Å². The summed E-state index contributed by atoms with van der Waals surface area (Å²) in [6.45, 7) is 6.65. The van der Waals surface area contributed by atoms with Crippen LogP contribution in [0, 0.1) is 19.8 Å². The summed E-state index contributed by atoms with van der Waals surface area (Å²) in [4.78, 5) is 37.7. The maximum absolute atomic E-state index is 12.7. The zero-order valence-corrected chi connectivity index (χ0v) is 16.6. The fraction of sp³-hybridized carbons (Fsp3) is 0.429. The van der Waals surface area contributed by atoms with Gasteiger partial charge in [-0.2, -0.15) is 5.10 Å². The van der Waals surface area contributed by atoms with Gasteiger partial charge < -0.3 is 10.6 Å². The Kier molecular flexibility index (Phi) is 5.63. The van der Waals surface area contributed by atoms with Gasteiger partial charge in [0.05, 0.1) is 11.3 Å². The molecule has 2 amide bonds. The molecule has 1 aromatic carbocycles. The normalized spacial score (nSPS) is 16.4. The molecule has 0 aliphatic carbocycles. The van der Waals surface area contributed by atoms with Gasteiger partial charge in [0.25, 0.3) is 0 Å². The zero-order valence-electron chi connectivity index (χ0n) is 16.6. The Balaban J connectivity index is 1.62. The van der Waals surface area contributed by atoms with Crippen molar-refractivity contribution < 1.29 is 14.4 Å². The molecule has 1 fully saturated rings. The van der Waals surface area contributed by atoms with Crippen molar-refractivity contribution in [3.05, 3.63) is 52.3 Å². The van der Waals surface area contributed by atoms with Crippen molar-refractivity contribution in [2.24, 2.45) is 11.7 Å². The number of carbonyl (C=O) groups excluding carboxylic acids is 3. The highest BCUT2D eigenvalue weighted by atomic mass is 16.2. The number of hydrogen-bond donors (Lipinski definition) is 1. The van der Waals surface area contributed by atoms with Gasteiger partial charge in [-0.1, -0.05) is 12.1 Å². The summed E-state index contributed by atoms with van der Waals surface area (Å²) in [6.07, 6.45) is 1.72. The summed E-state index contributed by atoms with van der Waals surface area (Å²) in [5.74, 6) is -0.109. The standard InChI is InChI=1S/C21H26N4O3/c1-13-20(15(3)26)14(2)25(23-13)12-19(27)24-8-7-17(11-24)9-16-5-4-6-18(10-16)21(22)28/h4-6,10,17H,7-9,11-12H2,1-3H3,(H2,22,28)/t17-/m1/s1. The molecule has 1 aliphatic rings. The van der Waals surface area contributed by atoms with Crippen LogP contribution in [0.2, 0.25) is 0 Å². The molecule has 0 bridgehead atoms. The molecule has 1 aliphatic heterocycles. The molecule has 3 rings (SSSR count). The maximum atomic E-state index is 12.7. The minimum Gasteiger partial charge on any atom is -0.366 e. The van der Waals surface area contributed by atoms with E-state index >= 15 is 0 Å². The second kappa shape index (κ2) is 7.96. The fourth-order valence-electron chi connectivity index (χ4n) is 4.00. The lowest BCUT2D eigenvalue weighted by Crippen LogP contribution is -2.32. The summed E-state index contributed by atoms with van der Waals surface area (Å²) >= 11 is 0. The van der Waals surface area contributed by atoms with E-state index in [2.05, 4.69) is 5.10 Å². The van der Waals surface area contributed by atoms with Crippen molar-refractivity contribution in [3.63, 3.8) is 0 Å². The number of ketones is 1. The third-order valence-corrected chi connectivity index (χ3v) is 5.39.